The molecule has 11 heteroatoms. The SMILES string of the molecule is C=Cn1cc[n+](C(F)(F)C(F)(F)C(F)(F)C(F)(F)F)c1. The number of alkyl halides is 9. The Kier molecular flexibility index (Phi) is 3.62. The summed E-state index contributed by atoms with van der Waals surface area (Å²) in [5.41, 5.74) is 0. The first-order valence-corrected chi connectivity index (χ1v) is 4.71. The Morgan fingerprint density at radius 1 is 0.900 bits per heavy atom. The van der Waals surface area contributed by atoms with Crippen LogP contribution in [0.1, 0.15) is 0 Å². The lowest BCUT2D eigenvalue weighted by Gasteiger charge is -2.31. The third-order valence-electron chi connectivity index (χ3n) is 2.32. The molecule has 1 rings (SSSR count). The molecule has 20 heavy (non-hydrogen) atoms. The van der Waals surface area contributed by atoms with Gasteiger partial charge in [0.1, 0.15) is 12.4 Å². The molecule has 0 aliphatic carbocycles. The van der Waals surface area contributed by atoms with Crippen LogP contribution in [0.3, 0.4) is 0 Å². The van der Waals surface area contributed by atoms with Crippen molar-refractivity contribution in [2.75, 3.05) is 0 Å². The van der Waals surface area contributed by atoms with E-state index in [1.165, 1.54) is 0 Å². The average molecular weight is 313 g/mol. The highest BCUT2D eigenvalue weighted by Gasteiger charge is 2.84. The fourth-order valence-corrected chi connectivity index (χ4v) is 1.17. The van der Waals surface area contributed by atoms with Gasteiger partial charge in [0.25, 0.3) is 6.33 Å². The van der Waals surface area contributed by atoms with Crippen LogP contribution in [0, 0.1) is 0 Å². The van der Waals surface area contributed by atoms with Gasteiger partial charge in [-0.25, -0.2) is 4.57 Å². The van der Waals surface area contributed by atoms with Crippen molar-refractivity contribution < 1.29 is 44.1 Å². The van der Waals surface area contributed by atoms with E-state index in [-0.39, 0.29) is 12.5 Å². The third-order valence-corrected chi connectivity index (χ3v) is 2.32. The van der Waals surface area contributed by atoms with Gasteiger partial charge in [0, 0.05) is 0 Å². The predicted octanol–water partition coefficient (Wildman–Crippen LogP) is 3.26. The molecule has 0 atom stereocenters. The Labute approximate surface area is 105 Å². The number of hydrogen-bond acceptors (Lipinski definition) is 0. The molecule has 0 saturated carbocycles. The van der Waals surface area contributed by atoms with Crippen molar-refractivity contribution in [3.8, 4) is 0 Å². The highest BCUT2D eigenvalue weighted by Crippen LogP contribution is 2.53. The minimum Gasteiger partial charge on any atom is -0.210 e. The molecule has 1 aromatic rings. The maximum Gasteiger partial charge on any atom is 0.469 e. The molecule has 0 unspecified atom stereocenters. The Balaban J connectivity index is 3.34. The summed E-state index contributed by atoms with van der Waals surface area (Å²) in [6.07, 6.45) is -4.88. The zero-order chi connectivity index (χ0) is 16.0. The second-order valence-electron chi connectivity index (χ2n) is 3.64. The summed E-state index contributed by atoms with van der Waals surface area (Å²) < 4.78 is 113. The predicted molar refractivity (Wildman–Crippen MR) is 47.2 cm³/mol. The van der Waals surface area contributed by atoms with Crippen LogP contribution in [-0.4, -0.2) is 22.6 Å². The molecule has 0 radical (unpaired) electrons. The van der Waals surface area contributed by atoms with Gasteiger partial charge in [0.15, 0.2) is 0 Å². The van der Waals surface area contributed by atoms with Crippen molar-refractivity contribution in [3.63, 3.8) is 0 Å². The van der Waals surface area contributed by atoms with Gasteiger partial charge in [-0.1, -0.05) is 6.58 Å². The number of nitrogens with zero attached hydrogens (tertiary/aromatic N) is 2. The van der Waals surface area contributed by atoms with Crippen LogP contribution in [0.2, 0.25) is 0 Å². The summed E-state index contributed by atoms with van der Waals surface area (Å²) in [4.78, 5) is 0. The summed E-state index contributed by atoms with van der Waals surface area (Å²) in [6.45, 7) is 3.07. The van der Waals surface area contributed by atoms with Crippen LogP contribution in [0.15, 0.2) is 25.3 Å². The smallest absolute Gasteiger partial charge is 0.210 e. The molecule has 0 saturated heterocycles. The van der Waals surface area contributed by atoms with Crippen LogP contribution in [0.4, 0.5) is 39.5 Å². The van der Waals surface area contributed by atoms with Gasteiger partial charge in [-0.2, -0.15) is 44.1 Å². The lowest BCUT2D eigenvalue weighted by Crippen LogP contribution is -2.69. The number of halogens is 9. The van der Waals surface area contributed by atoms with Crippen molar-refractivity contribution in [1.29, 1.82) is 0 Å². The van der Waals surface area contributed by atoms with E-state index in [1.54, 1.807) is 0 Å². The molecule has 114 valence electrons. The van der Waals surface area contributed by atoms with Crippen LogP contribution in [0.25, 0.3) is 6.20 Å². The van der Waals surface area contributed by atoms with Gasteiger partial charge in [0.2, 0.25) is 0 Å². The van der Waals surface area contributed by atoms with Gasteiger partial charge < -0.3 is 0 Å². The molecule has 0 aromatic carbocycles. The van der Waals surface area contributed by atoms with E-state index in [2.05, 4.69) is 6.58 Å². The number of imidazole rings is 1. The van der Waals surface area contributed by atoms with E-state index >= 15 is 0 Å². The Morgan fingerprint density at radius 3 is 1.75 bits per heavy atom. The van der Waals surface area contributed by atoms with E-state index < -0.39 is 28.6 Å². The lowest BCUT2D eigenvalue weighted by molar-refractivity contribution is -0.849. The van der Waals surface area contributed by atoms with Crippen LogP contribution in [0.5, 0.6) is 0 Å². The van der Waals surface area contributed by atoms with Crippen LogP contribution in [-0.2, 0) is 6.05 Å². The van der Waals surface area contributed by atoms with Crippen molar-refractivity contribution in [3.05, 3.63) is 25.3 Å². The van der Waals surface area contributed by atoms with Gasteiger partial charge in [-0.05, 0) is 0 Å². The molecule has 0 bridgehead atoms. The highest BCUT2D eigenvalue weighted by molar-refractivity contribution is 5.13. The van der Waals surface area contributed by atoms with Crippen molar-refractivity contribution in [1.82, 2.24) is 4.57 Å². The van der Waals surface area contributed by atoms with E-state index in [1.807, 2.05) is 0 Å². The third kappa shape index (κ3) is 2.14. The van der Waals surface area contributed by atoms with Crippen molar-refractivity contribution in [2.45, 2.75) is 24.1 Å². The molecule has 1 aromatic heterocycles. The van der Waals surface area contributed by atoms with E-state index in [0.717, 1.165) is 6.20 Å². The van der Waals surface area contributed by atoms with Crippen LogP contribution < -0.4 is 4.57 Å². The fraction of sp³-hybridized carbons (Fsp3) is 0.444. The molecule has 0 amide bonds. The first-order chi connectivity index (χ1) is 8.79. The minimum absolute atomic E-state index is 0.188. The summed E-state index contributed by atoms with van der Waals surface area (Å²) in [5, 5.41) is 0. The Hall–Kier alpha value is -1.68. The monoisotopic (exact) mass is 313 g/mol. The van der Waals surface area contributed by atoms with E-state index in [9.17, 15) is 39.5 Å². The summed E-state index contributed by atoms with van der Waals surface area (Å²) >= 11 is 0. The highest BCUT2D eigenvalue weighted by atomic mass is 19.4. The molecular weight excluding hydrogens is 307 g/mol. The Bertz CT molecular complexity index is 500. The Morgan fingerprint density at radius 2 is 1.40 bits per heavy atom. The molecule has 0 aliphatic rings. The molecule has 0 spiro atoms. The lowest BCUT2D eigenvalue weighted by atomic mass is 10.1. The fourth-order valence-electron chi connectivity index (χ4n) is 1.17. The second-order valence-corrected chi connectivity index (χ2v) is 3.64. The molecular formula is C9H6F9N2+. The van der Waals surface area contributed by atoms with E-state index in [0.29, 0.717) is 10.8 Å². The van der Waals surface area contributed by atoms with Gasteiger partial charge >= 0.3 is 24.1 Å². The molecule has 0 N–H and O–H groups in total. The standard InChI is InChI=1S/C9H6F9N2/c1-2-19-3-4-20(5-19)9(17,18)7(12,13)6(10,11)8(14,15)16/h2-5H,1H2/q+1. The van der Waals surface area contributed by atoms with Gasteiger partial charge in [-0.3, -0.25) is 0 Å². The number of hydrogen-bond donors (Lipinski definition) is 0. The molecule has 1 heterocycles. The first-order valence-electron chi connectivity index (χ1n) is 4.71. The van der Waals surface area contributed by atoms with Gasteiger partial charge in [0.05, 0.1) is 6.20 Å². The molecule has 2 nitrogen and oxygen atoms in total. The number of rotatable bonds is 4. The maximum atomic E-state index is 13.3. The average Bonchev–Trinajstić information content (AvgIpc) is 2.75. The summed E-state index contributed by atoms with van der Waals surface area (Å²) in [5.74, 6) is -13.6. The van der Waals surface area contributed by atoms with Crippen molar-refractivity contribution >= 4 is 6.20 Å². The first kappa shape index (κ1) is 16.4. The maximum absolute atomic E-state index is 13.3. The molecule has 0 aliphatic heterocycles. The zero-order valence-corrected chi connectivity index (χ0v) is 9.31. The molecule has 0 fully saturated rings. The second kappa shape index (κ2) is 4.42. The minimum atomic E-state index is -6.91. The normalized spacial score (nSPS) is 14.4. The topological polar surface area (TPSA) is 8.81 Å². The summed E-state index contributed by atoms with van der Waals surface area (Å²) in [7, 11) is 0. The zero-order valence-electron chi connectivity index (χ0n) is 9.31. The van der Waals surface area contributed by atoms with Crippen molar-refractivity contribution in [2.24, 2.45) is 0 Å². The van der Waals surface area contributed by atoms with Crippen LogP contribution >= 0.6 is 0 Å². The van der Waals surface area contributed by atoms with Gasteiger partial charge in [-0.15, -0.1) is 0 Å². The quantitative estimate of drug-likeness (QED) is 0.596. The largest absolute Gasteiger partial charge is 0.469 e. The van der Waals surface area contributed by atoms with E-state index in [4.69, 9.17) is 0 Å². The summed E-state index contributed by atoms with van der Waals surface area (Å²) in [6, 6.07) is -5.81. The number of aromatic nitrogens is 2.